The molecular formula is C2H8F6N2O6S2. The highest BCUT2D eigenvalue weighted by atomic mass is 32.2. The monoisotopic (exact) mass is 334 g/mol. The Morgan fingerprint density at radius 1 is 0.833 bits per heavy atom. The Kier molecular flexibility index (Phi) is 10.2. The summed E-state index contributed by atoms with van der Waals surface area (Å²) < 4.78 is 116. The maximum absolute atomic E-state index is 10.7. The van der Waals surface area contributed by atoms with E-state index in [9.17, 15) is 26.3 Å². The fourth-order valence-electron chi connectivity index (χ4n) is 0. The average Bonchev–Trinajstić information content (AvgIpc) is 1.77. The predicted octanol–water partition coefficient (Wildman–Crippen LogP) is 0.882. The van der Waals surface area contributed by atoms with E-state index < -0.39 is 31.3 Å². The standard InChI is InChI=1S/2CHF3O3S.2H3N/c2*2-1(3,4)8(5,6)7;;/h2*(H,5,6,7);2*1H3. The van der Waals surface area contributed by atoms with Crippen LogP contribution < -0.4 is 12.3 Å². The Bertz CT molecular complexity index is 384. The second-order valence-electron chi connectivity index (χ2n) is 1.82. The molecule has 116 valence electrons. The van der Waals surface area contributed by atoms with E-state index in [1.165, 1.54) is 0 Å². The van der Waals surface area contributed by atoms with Crippen LogP contribution in [0.3, 0.4) is 0 Å². The summed E-state index contributed by atoms with van der Waals surface area (Å²) in [5.74, 6) is 0. The minimum atomic E-state index is -6.09. The topological polar surface area (TPSA) is 182 Å². The molecule has 0 aliphatic carbocycles. The van der Waals surface area contributed by atoms with Gasteiger partial charge in [0, 0.05) is 0 Å². The molecule has 8 nitrogen and oxygen atoms in total. The lowest BCUT2D eigenvalue weighted by Crippen LogP contribution is -2.21. The zero-order chi connectivity index (χ0) is 14.0. The van der Waals surface area contributed by atoms with E-state index in [-0.39, 0.29) is 13.7 Å². The van der Waals surface area contributed by atoms with Crippen molar-refractivity contribution >= 4 is 20.2 Å². The molecule has 0 aliphatic rings. The molecule has 16 heteroatoms. The maximum Gasteiger partial charge on any atom is 1.00 e. The number of rotatable bonds is 0. The molecule has 0 aliphatic heterocycles. The van der Waals surface area contributed by atoms with Crippen LogP contribution in [0.1, 0.15) is 1.43 Å². The van der Waals surface area contributed by atoms with Gasteiger partial charge >= 0.3 is 22.6 Å². The van der Waals surface area contributed by atoms with Crippen molar-refractivity contribution in [1.82, 2.24) is 12.3 Å². The zero-order valence-corrected chi connectivity index (χ0v) is 9.62. The predicted molar refractivity (Wildman–Crippen MR) is 44.5 cm³/mol. The van der Waals surface area contributed by atoms with Crippen LogP contribution in [0.15, 0.2) is 0 Å². The fraction of sp³-hybridized carbons (Fsp3) is 1.00. The molecule has 0 amide bonds. The van der Waals surface area contributed by atoms with Crippen molar-refractivity contribution in [3.63, 3.8) is 0 Å². The Labute approximate surface area is 98.1 Å². The largest absolute Gasteiger partial charge is 1.00 e. The van der Waals surface area contributed by atoms with Crippen LogP contribution in [0, 0.1) is 0 Å². The number of halogens is 6. The molecule has 0 aromatic rings. The lowest BCUT2D eigenvalue weighted by molar-refractivity contribution is -0.0519. The third-order valence-corrected chi connectivity index (χ3v) is 1.73. The first-order chi connectivity index (χ1) is 6.50. The van der Waals surface area contributed by atoms with Crippen molar-refractivity contribution < 1.29 is 53.7 Å². The van der Waals surface area contributed by atoms with Gasteiger partial charge in [0.2, 0.25) is 0 Å². The van der Waals surface area contributed by atoms with Gasteiger partial charge in [-0.15, -0.1) is 0 Å². The molecule has 7 N–H and O–H groups in total. The van der Waals surface area contributed by atoms with E-state index in [2.05, 4.69) is 0 Å². The first kappa shape index (κ1) is 26.0. The molecule has 0 saturated carbocycles. The highest BCUT2D eigenvalue weighted by Crippen LogP contribution is 2.21. The lowest BCUT2D eigenvalue weighted by Gasteiger charge is -2.08. The quantitative estimate of drug-likeness (QED) is 0.331. The molecule has 0 atom stereocenters. The second-order valence-corrected chi connectivity index (χ2v) is 4.60. The Balaban J connectivity index is -0.0000000594. The van der Waals surface area contributed by atoms with E-state index in [1.807, 2.05) is 0 Å². The van der Waals surface area contributed by atoms with Crippen LogP contribution >= 0.6 is 0 Å². The van der Waals surface area contributed by atoms with Gasteiger partial charge in [-0.1, -0.05) is 0 Å². The summed E-state index contributed by atoms with van der Waals surface area (Å²) in [7, 11) is -11.9. The average molecular weight is 334 g/mol. The van der Waals surface area contributed by atoms with Crippen molar-refractivity contribution in [2.45, 2.75) is 11.0 Å². The highest BCUT2D eigenvalue weighted by molar-refractivity contribution is 7.86. The van der Waals surface area contributed by atoms with Crippen molar-refractivity contribution in [1.29, 1.82) is 0 Å². The molecule has 0 bridgehead atoms. The van der Waals surface area contributed by atoms with E-state index >= 15 is 0 Å². The number of hydrogen-bond acceptors (Lipinski definition) is 7. The second kappa shape index (κ2) is 7.04. The molecular weight excluding hydrogens is 326 g/mol. The van der Waals surface area contributed by atoms with Crippen molar-refractivity contribution in [3.8, 4) is 0 Å². The maximum atomic E-state index is 10.7. The molecule has 0 unspecified atom stereocenters. The van der Waals surface area contributed by atoms with Crippen LogP contribution in [0.2, 0.25) is 0 Å². The van der Waals surface area contributed by atoms with Crippen LogP contribution in [-0.4, -0.2) is 37.0 Å². The first-order valence-corrected chi connectivity index (χ1v) is 5.41. The zero-order valence-electron chi connectivity index (χ0n) is 8.99. The molecule has 0 aromatic heterocycles. The Morgan fingerprint density at radius 3 is 0.944 bits per heavy atom. The normalized spacial score (nSPS) is 12.4. The summed E-state index contributed by atoms with van der Waals surface area (Å²) in [6.07, 6.45) is 0. The molecule has 0 rings (SSSR count). The fourth-order valence-corrected chi connectivity index (χ4v) is 0. The van der Waals surface area contributed by atoms with Gasteiger partial charge in [-0.25, -0.2) is 8.42 Å². The smallest absolute Gasteiger partial charge is 0.741 e. The van der Waals surface area contributed by atoms with E-state index in [4.69, 9.17) is 25.9 Å². The van der Waals surface area contributed by atoms with Crippen LogP contribution in [0.5, 0.6) is 0 Å². The van der Waals surface area contributed by atoms with Gasteiger partial charge in [-0.2, -0.15) is 34.8 Å². The van der Waals surface area contributed by atoms with Gasteiger partial charge in [0.15, 0.2) is 10.1 Å². The van der Waals surface area contributed by atoms with Gasteiger partial charge in [0.25, 0.3) is 0 Å². The molecule has 0 aromatic carbocycles. The van der Waals surface area contributed by atoms with Gasteiger partial charge in [0.05, 0.1) is 0 Å². The summed E-state index contributed by atoms with van der Waals surface area (Å²) in [5.41, 5.74) is -11.2. The Hall–Kier alpha value is -0.680. The number of hydrogen-bond donors (Lipinski definition) is 3. The van der Waals surface area contributed by atoms with E-state index in [0.717, 1.165) is 0 Å². The third-order valence-electron chi connectivity index (χ3n) is 0.576. The minimum absolute atomic E-state index is 0. The van der Waals surface area contributed by atoms with E-state index in [0.29, 0.717) is 0 Å². The van der Waals surface area contributed by atoms with Crippen molar-refractivity contribution in [2.75, 3.05) is 0 Å². The summed E-state index contributed by atoms with van der Waals surface area (Å²) in [6, 6.07) is 0. The van der Waals surface area contributed by atoms with Crippen LogP contribution in [-0.2, 0) is 20.2 Å². The molecule has 0 fully saturated rings. The summed E-state index contributed by atoms with van der Waals surface area (Å²) in [5, 5.41) is 0. The van der Waals surface area contributed by atoms with Gasteiger partial charge in [-0.05, 0) is 0 Å². The van der Waals surface area contributed by atoms with Gasteiger partial charge in [-0.3, -0.25) is 4.55 Å². The molecule has 0 spiro atoms. The molecule has 18 heavy (non-hydrogen) atoms. The summed E-state index contributed by atoms with van der Waals surface area (Å²) in [6.45, 7) is 0. The van der Waals surface area contributed by atoms with Crippen molar-refractivity contribution in [3.05, 3.63) is 0 Å². The number of alkyl halides is 6. The molecule has 0 heterocycles. The highest BCUT2D eigenvalue weighted by Gasteiger charge is 2.44. The molecule has 0 radical (unpaired) electrons. The van der Waals surface area contributed by atoms with Crippen molar-refractivity contribution in [2.24, 2.45) is 0 Å². The van der Waals surface area contributed by atoms with E-state index in [1.54, 1.807) is 0 Å². The summed E-state index contributed by atoms with van der Waals surface area (Å²) in [4.78, 5) is 0. The third kappa shape index (κ3) is 10.5. The minimum Gasteiger partial charge on any atom is -0.741 e. The Morgan fingerprint density at radius 2 is 0.944 bits per heavy atom. The SMILES string of the molecule is N.N.O=S(=O)(O)C(F)(F)F.O=S(=O)([O-])C(F)(F)F.[H+]. The first-order valence-electron chi connectivity index (χ1n) is 2.56. The van der Waals surface area contributed by atoms with Gasteiger partial charge < -0.3 is 16.9 Å². The van der Waals surface area contributed by atoms with Crippen LogP contribution in [0.25, 0.3) is 0 Å². The lowest BCUT2D eigenvalue weighted by atomic mass is 11.6. The summed E-state index contributed by atoms with van der Waals surface area (Å²) >= 11 is 0. The van der Waals surface area contributed by atoms with Gasteiger partial charge in [0.1, 0.15) is 0 Å². The van der Waals surface area contributed by atoms with Crippen LogP contribution in [0.4, 0.5) is 26.3 Å². The molecule has 0 saturated heterocycles.